The lowest BCUT2D eigenvalue weighted by Gasteiger charge is -2.40. The molecule has 0 spiro atoms. The number of aliphatic hydroxyl groups is 1. The zero-order chi connectivity index (χ0) is 9.60. The molecule has 1 aromatic rings. The molecule has 1 aromatic heterocycles. The Hall–Kier alpha value is -0.520. The average Bonchev–Trinajstić information content (AvgIpc) is 2.77. The van der Waals surface area contributed by atoms with Crippen molar-refractivity contribution in [2.75, 3.05) is 13.2 Å². The van der Waals surface area contributed by atoms with Gasteiger partial charge in [-0.2, -0.15) is 0 Å². The van der Waals surface area contributed by atoms with Crippen LogP contribution < -0.4 is 0 Å². The maximum atomic E-state index is 9.39. The summed E-state index contributed by atoms with van der Waals surface area (Å²) in [5.41, 5.74) is 0.106. The lowest BCUT2D eigenvalue weighted by atomic mass is 9.74. The molecule has 76 valence electrons. The molecule has 2 bridgehead atoms. The minimum atomic E-state index is 0.106. The topological polar surface area (TPSA) is 49.2 Å². The highest BCUT2D eigenvalue weighted by atomic mass is 32.1. The van der Waals surface area contributed by atoms with Gasteiger partial charge >= 0.3 is 0 Å². The quantitative estimate of drug-likeness (QED) is 0.790. The van der Waals surface area contributed by atoms with Gasteiger partial charge in [-0.3, -0.25) is 4.90 Å². The monoisotopic (exact) mass is 211 g/mol. The average molecular weight is 211 g/mol. The van der Waals surface area contributed by atoms with Crippen LogP contribution in [0.4, 0.5) is 0 Å². The van der Waals surface area contributed by atoms with E-state index in [1.54, 1.807) is 0 Å². The fourth-order valence-electron chi connectivity index (χ4n) is 2.81. The summed E-state index contributed by atoms with van der Waals surface area (Å²) >= 11 is 1.46. The summed E-state index contributed by atoms with van der Waals surface area (Å²) in [7, 11) is 0. The molecule has 2 aliphatic heterocycles. The van der Waals surface area contributed by atoms with Gasteiger partial charge in [0.05, 0.1) is 17.7 Å². The molecule has 0 radical (unpaired) electrons. The molecule has 0 atom stereocenters. The highest BCUT2D eigenvalue weighted by molar-refractivity contribution is 7.05. The van der Waals surface area contributed by atoms with Gasteiger partial charge in [0.25, 0.3) is 0 Å². The fraction of sp³-hybridized carbons (Fsp3) is 0.778. The first-order valence-corrected chi connectivity index (χ1v) is 5.72. The highest BCUT2D eigenvalue weighted by Crippen LogP contribution is 2.50. The van der Waals surface area contributed by atoms with E-state index in [-0.39, 0.29) is 5.54 Å². The van der Waals surface area contributed by atoms with E-state index in [0.717, 1.165) is 19.0 Å². The number of fused-ring (bicyclic) bond motifs is 1. The number of hydrogen-bond donors (Lipinski definition) is 1. The summed E-state index contributed by atoms with van der Waals surface area (Å²) < 4.78 is 3.85. The Morgan fingerprint density at radius 3 is 3.14 bits per heavy atom. The Balaban J connectivity index is 1.74. The number of rotatable bonds is 3. The van der Waals surface area contributed by atoms with Crippen molar-refractivity contribution in [3.63, 3.8) is 0 Å². The van der Waals surface area contributed by atoms with Gasteiger partial charge in [0.15, 0.2) is 0 Å². The molecule has 4 nitrogen and oxygen atoms in total. The van der Waals surface area contributed by atoms with Gasteiger partial charge in [-0.25, -0.2) is 0 Å². The Kier molecular flexibility index (Phi) is 1.87. The van der Waals surface area contributed by atoms with E-state index < -0.39 is 0 Å². The van der Waals surface area contributed by atoms with Crippen LogP contribution in [0.15, 0.2) is 6.20 Å². The van der Waals surface area contributed by atoms with E-state index in [1.807, 2.05) is 6.20 Å². The van der Waals surface area contributed by atoms with Crippen molar-refractivity contribution < 1.29 is 5.11 Å². The Morgan fingerprint density at radius 2 is 2.50 bits per heavy atom. The van der Waals surface area contributed by atoms with Crippen LogP contribution in [0, 0.1) is 5.92 Å². The third-order valence-electron chi connectivity index (χ3n) is 3.53. The number of nitrogens with zero attached hydrogens (tertiary/aromatic N) is 3. The second-order valence-electron chi connectivity index (χ2n) is 4.42. The molecule has 14 heavy (non-hydrogen) atoms. The first-order chi connectivity index (χ1) is 6.82. The molecule has 2 saturated heterocycles. The highest BCUT2D eigenvalue weighted by Gasteiger charge is 2.55. The van der Waals surface area contributed by atoms with Crippen molar-refractivity contribution >= 4 is 11.5 Å². The predicted molar refractivity (Wildman–Crippen MR) is 52.9 cm³/mol. The van der Waals surface area contributed by atoms with Crippen LogP contribution in [-0.2, 0) is 6.54 Å². The van der Waals surface area contributed by atoms with Gasteiger partial charge in [0, 0.05) is 18.6 Å². The van der Waals surface area contributed by atoms with Crippen LogP contribution in [0.3, 0.4) is 0 Å². The molecule has 0 aromatic carbocycles. The molecular weight excluding hydrogens is 198 g/mol. The van der Waals surface area contributed by atoms with E-state index in [2.05, 4.69) is 14.5 Å². The van der Waals surface area contributed by atoms with E-state index in [0.29, 0.717) is 6.61 Å². The van der Waals surface area contributed by atoms with Crippen LogP contribution in [0.1, 0.15) is 17.7 Å². The number of aromatic nitrogens is 2. The zero-order valence-corrected chi connectivity index (χ0v) is 8.70. The summed E-state index contributed by atoms with van der Waals surface area (Å²) in [6, 6.07) is 0. The summed E-state index contributed by atoms with van der Waals surface area (Å²) in [6.45, 7) is 2.35. The van der Waals surface area contributed by atoms with Gasteiger partial charge < -0.3 is 5.11 Å². The van der Waals surface area contributed by atoms with Crippen LogP contribution in [0.5, 0.6) is 0 Å². The Labute approximate surface area is 86.7 Å². The second-order valence-corrected chi connectivity index (χ2v) is 5.29. The van der Waals surface area contributed by atoms with Crippen LogP contribution in [0.2, 0.25) is 0 Å². The largest absolute Gasteiger partial charge is 0.394 e. The van der Waals surface area contributed by atoms with E-state index >= 15 is 0 Å². The zero-order valence-electron chi connectivity index (χ0n) is 7.89. The third kappa shape index (κ3) is 1.12. The first kappa shape index (κ1) is 8.76. The summed E-state index contributed by atoms with van der Waals surface area (Å²) in [6.07, 6.45) is 4.18. The van der Waals surface area contributed by atoms with Crippen molar-refractivity contribution in [2.45, 2.75) is 24.9 Å². The number of hydrogen-bond acceptors (Lipinski definition) is 5. The fourth-order valence-corrected chi connectivity index (χ4v) is 3.32. The molecule has 1 N–H and O–H groups in total. The van der Waals surface area contributed by atoms with Crippen molar-refractivity contribution in [1.29, 1.82) is 0 Å². The molecule has 3 aliphatic rings. The van der Waals surface area contributed by atoms with E-state index in [1.165, 1.54) is 29.3 Å². The summed E-state index contributed by atoms with van der Waals surface area (Å²) in [5, 5.41) is 13.2. The Morgan fingerprint density at radius 1 is 1.64 bits per heavy atom. The third-order valence-corrected chi connectivity index (χ3v) is 4.18. The molecular formula is C9H13N3OS. The molecule has 5 heteroatoms. The molecule has 3 heterocycles. The minimum absolute atomic E-state index is 0.106. The van der Waals surface area contributed by atoms with Gasteiger partial charge in [-0.05, 0) is 30.3 Å². The molecule has 0 amide bonds. The smallest absolute Gasteiger partial charge is 0.0666 e. The van der Waals surface area contributed by atoms with Crippen LogP contribution in [0.25, 0.3) is 0 Å². The normalized spacial score (nSPS) is 35.9. The first-order valence-electron chi connectivity index (χ1n) is 4.94. The molecule has 1 saturated carbocycles. The van der Waals surface area contributed by atoms with Crippen molar-refractivity contribution in [1.82, 2.24) is 14.5 Å². The maximum Gasteiger partial charge on any atom is 0.0666 e. The lowest BCUT2D eigenvalue weighted by Crippen LogP contribution is -2.48. The second kappa shape index (κ2) is 2.98. The van der Waals surface area contributed by atoms with E-state index in [9.17, 15) is 5.11 Å². The molecule has 4 rings (SSSR count). The van der Waals surface area contributed by atoms with Crippen LogP contribution >= 0.6 is 11.5 Å². The van der Waals surface area contributed by atoms with Crippen LogP contribution in [-0.4, -0.2) is 38.3 Å². The Bertz CT molecular complexity index is 321. The maximum absolute atomic E-state index is 9.39. The molecule has 0 unspecified atom stereocenters. The van der Waals surface area contributed by atoms with Crippen molar-refractivity contribution in [3.8, 4) is 0 Å². The SMILES string of the molecule is OCC12CC(CN1Cc1cnns1)C2. The molecule has 1 aliphatic carbocycles. The predicted octanol–water partition coefficient (Wildman–Crippen LogP) is 0.495. The van der Waals surface area contributed by atoms with Gasteiger partial charge in [0.2, 0.25) is 0 Å². The summed E-state index contributed by atoms with van der Waals surface area (Å²) in [5.74, 6) is 0.822. The van der Waals surface area contributed by atoms with Gasteiger partial charge in [-0.15, -0.1) is 5.10 Å². The standard InChI is InChI=1S/C9H13N3OS/c13-6-9-1-7(2-9)4-12(9)5-8-3-10-11-14-8/h3,7,13H,1-2,4-6H2. The lowest BCUT2D eigenvalue weighted by molar-refractivity contribution is 0.0340. The van der Waals surface area contributed by atoms with Crippen molar-refractivity contribution in [3.05, 3.63) is 11.1 Å². The van der Waals surface area contributed by atoms with Crippen molar-refractivity contribution in [2.24, 2.45) is 5.92 Å². The van der Waals surface area contributed by atoms with E-state index in [4.69, 9.17) is 0 Å². The summed E-state index contributed by atoms with van der Waals surface area (Å²) in [4.78, 5) is 3.60. The minimum Gasteiger partial charge on any atom is -0.394 e. The van der Waals surface area contributed by atoms with Gasteiger partial charge in [0.1, 0.15) is 0 Å². The van der Waals surface area contributed by atoms with Gasteiger partial charge in [-0.1, -0.05) is 4.49 Å². The molecule has 3 fully saturated rings. The number of aliphatic hydroxyl groups excluding tert-OH is 1.